The summed E-state index contributed by atoms with van der Waals surface area (Å²) in [4.78, 5) is 14.8. The molecule has 0 radical (unpaired) electrons. The average Bonchev–Trinajstić information content (AvgIpc) is 2.83. The number of benzene rings is 1. The van der Waals surface area contributed by atoms with Crippen molar-refractivity contribution in [1.29, 1.82) is 0 Å². The van der Waals surface area contributed by atoms with Gasteiger partial charge in [-0.15, -0.1) is 11.3 Å². The molecule has 0 atom stereocenters. The van der Waals surface area contributed by atoms with Crippen LogP contribution in [0, 0.1) is 0 Å². The van der Waals surface area contributed by atoms with Gasteiger partial charge in [0.2, 0.25) is 4.34 Å². The van der Waals surface area contributed by atoms with Crippen LogP contribution in [0.25, 0.3) is 10.2 Å². The van der Waals surface area contributed by atoms with Crippen molar-refractivity contribution in [2.24, 2.45) is 0 Å². The number of hydrogen-bond acceptors (Lipinski definition) is 6. The molecule has 2 rings (SSSR count). The molecule has 9 heteroatoms. The lowest BCUT2D eigenvalue weighted by molar-refractivity contribution is -0.160. The average molecular weight is 321 g/mol. The van der Waals surface area contributed by atoms with Crippen LogP contribution in [0.4, 0.5) is 8.78 Å². The van der Waals surface area contributed by atoms with Crippen molar-refractivity contribution in [2.45, 2.75) is 16.5 Å². The van der Waals surface area contributed by atoms with Crippen LogP contribution < -0.4 is 0 Å². The fourth-order valence-corrected chi connectivity index (χ4v) is 3.84. The topological polar surface area (TPSA) is 73.3 Å². The van der Waals surface area contributed by atoms with Crippen LogP contribution in [0.3, 0.4) is 0 Å². The zero-order valence-electron chi connectivity index (χ0n) is 10.2. The molecule has 0 aliphatic carbocycles. The van der Waals surface area contributed by atoms with E-state index < -0.39 is 25.4 Å². The molecular weight excluding hydrogens is 312 g/mol. The van der Waals surface area contributed by atoms with Gasteiger partial charge in [-0.3, -0.25) is 0 Å². The number of fused-ring (bicyclic) bond motifs is 1. The number of carbonyl (C=O) groups excluding carboxylic acids is 1. The van der Waals surface area contributed by atoms with Gasteiger partial charge in [0.1, 0.15) is 0 Å². The SMILES string of the molecule is CCOC(=O)C(F)(F)S(=O)(=O)c1nc2ccccc2s1. The summed E-state index contributed by atoms with van der Waals surface area (Å²) in [6, 6.07) is 6.27. The molecule has 0 saturated heterocycles. The number of aromatic nitrogens is 1. The normalized spacial score (nSPS) is 12.6. The molecule has 1 aromatic heterocycles. The Morgan fingerprint density at radius 2 is 2.05 bits per heavy atom. The van der Waals surface area contributed by atoms with Crippen molar-refractivity contribution >= 4 is 37.4 Å². The molecule has 0 saturated carbocycles. The second-order valence-corrected chi connectivity index (χ2v) is 6.88. The highest BCUT2D eigenvalue weighted by Crippen LogP contribution is 2.34. The van der Waals surface area contributed by atoms with E-state index >= 15 is 0 Å². The van der Waals surface area contributed by atoms with Gasteiger partial charge in [0, 0.05) is 0 Å². The van der Waals surface area contributed by atoms with E-state index in [1.165, 1.54) is 13.0 Å². The van der Waals surface area contributed by atoms with Gasteiger partial charge >= 0.3 is 11.2 Å². The lowest BCUT2D eigenvalue weighted by Gasteiger charge is -2.13. The monoisotopic (exact) mass is 321 g/mol. The number of esters is 1. The van der Waals surface area contributed by atoms with E-state index in [4.69, 9.17) is 0 Å². The number of para-hydroxylation sites is 1. The molecule has 5 nitrogen and oxygen atoms in total. The first-order valence-corrected chi connectivity index (χ1v) is 7.76. The molecule has 0 bridgehead atoms. The van der Waals surface area contributed by atoms with Crippen LogP contribution in [0.1, 0.15) is 6.92 Å². The zero-order valence-corrected chi connectivity index (χ0v) is 11.8. The molecule has 0 amide bonds. The molecule has 20 heavy (non-hydrogen) atoms. The second-order valence-electron chi connectivity index (χ2n) is 3.69. The Labute approximate surface area is 117 Å². The van der Waals surface area contributed by atoms with E-state index in [1.54, 1.807) is 18.2 Å². The van der Waals surface area contributed by atoms with Gasteiger partial charge in [-0.2, -0.15) is 8.78 Å². The summed E-state index contributed by atoms with van der Waals surface area (Å²) >= 11 is 0.580. The molecule has 0 spiro atoms. The molecule has 1 aromatic carbocycles. The van der Waals surface area contributed by atoms with E-state index in [2.05, 4.69) is 9.72 Å². The maximum atomic E-state index is 13.7. The number of alkyl halides is 2. The maximum Gasteiger partial charge on any atom is 0.447 e. The van der Waals surface area contributed by atoms with Crippen LogP contribution in [0.5, 0.6) is 0 Å². The lowest BCUT2D eigenvalue weighted by Crippen LogP contribution is -2.39. The van der Waals surface area contributed by atoms with Gasteiger partial charge in [-0.1, -0.05) is 12.1 Å². The molecule has 0 fully saturated rings. The highest BCUT2D eigenvalue weighted by atomic mass is 32.2. The van der Waals surface area contributed by atoms with Crippen LogP contribution in [-0.2, 0) is 19.4 Å². The first kappa shape index (κ1) is 14.8. The number of rotatable bonds is 4. The van der Waals surface area contributed by atoms with Gasteiger partial charge < -0.3 is 4.74 Å². The summed E-state index contributed by atoms with van der Waals surface area (Å²) in [5.41, 5.74) is 0.274. The quantitative estimate of drug-likeness (QED) is 0.807. The Balaban J connectivity index is 2.51. The van der Waals surface area contributed by atoms with Crippen molar-refractivity contribution in [3.05, 3.63) is 24.3 Å². The van der Waals surface area contributed by atoms with Gasteiger partial charge in [-0.25, -0.2) is 18.2 Å². The number of thiazole rings is 1. The van der Waals surface area contributed by atoms with Crippen molar-refractivity contribution < 1.29 is 26.7 Å². The van der Waals surface area contributed by atoms with Crippen molar-refractivity contribution in [1.82, 2.24) is 4.98 Å². The predicted molar refractivity (Wildman–Crippen MR) is 68.4 cm³/mol. The minimum atomic E-state index is -5.22. The second kappa shape index (κ2) is 5.06. The minimum Gasteiger partial charge on any atom is -0.461 e. The number of hydrogen-bond donors (Lipinski definition) is 0. The van der Waals surface area contributed by atoms with E-state index in [-0.39, 0.29) is 12.1 Å². The Kier molecular flexibility index (Phi) is 3.74. The lowest BCUT2D eigenvalue weighted by atomic mass is 10.3. The molecule has 108 valence electrons. The molecule has 2 aromatic rings. The standard InChI is InChI=1S/C11H9F2NO4S2/c1-2-18-9(15)11(12,13)20(16,17)10-14-7-5-3-4-6-8(7)19-10/h3-6H,2H2,1H3. The van der Waals surface area contributed by atoms with E-state index in [9.17, 15) is 22.0 Å². The van der Waals surface area contributed by atoms with Crippen molar-refractivity contribution in [3.8, 4) is 0 Å². The summed E-state index contributed by atoms with van der Waals surface area (Å²) in [6.07, 6.45) is 0. The van der Waals surface area contributed by atoms with E-state index in [0.29, 0.717) is 16.0 Å². The smallest absolute Gasteiger partial charge is 0.447 e. The summed E-state index contributed by atoms with van der Waals surface area (Å²) < 4.78 is 54.8. The van der Waals surface area contributed by atoms with Gasteiger partial charge in [-0.05, 0) is 19.1 Å². The molecule has 0 aliphatic rings. The number of nitrogens with zero attached hydrogens (tertiary/aromatic N) is 1. The van der Waals surface area contributed by atoms with Gasteiger partial charge in [0.15, 0.2) is 0 Å². The summed E-state index contributed by atoms with van der Waals surface area (Å²) in [5, 5.41) is -4.66. The van der Waals surface area contributed by atoms with E-state index in [1.807, 2.05) is 0 Å². The third-order valence-corrected chi connectivity index (χ3v) is 5.49. The number of halogens is 2. The predicted octanol–water partition coefficient (Wildman–Crippen LogP) is 2.23. The first-order chi connectivity index (χ1) is 9.30. The fraction of sp³-hybridized carbons (Fsp3) is 0.273. The third-order valence-electron chi connectivity index (χ3n) is 2.35. The molecular formula is C11H9F2NO4S2. The largest absolute Gasteiger partial charge is 0.461 e. The first-order valence-electron chi connectivity index (χ1n) is 5.46. The number of ether oxygens (including phenoxy) is 1. The van der Waals surface area contributed by atoms with Crippen LogP contribution in [0.2, 0.25) is 0 Å². The van der Waals surface area contributed by atoms with Crippen molar-refractivity contribution in [3.63, 3.8) is 0 Å². The highest BCUT2D eigenvalue weighted by Gasteiger charge is 2.56. The Morgan fingerprint density at radius 1 is 1.40 bits per heavy atom. The van der Waals surface area contributed by atoms with E-state index in [0.717, 1.165) is 0 Å². The van der Waals surface area contributed by atoms with Crippen LogP contribution in [-0.4, -0.2) is 31.2 Å². The van der Waals surface area contributed by atoms with Crippen LogP contribution >= 0.6 is 11.3 Å². The fourth-order valence-electron chi connectivity index (χ4n) is 1.40. The summed E-state index contributed by atoms with van der Waals surface area (Å²) in [6.45, 7) is 0.960. The molecule has 0 unspecified atom stereocenters. The third kappa shape index (κ3) is 2.27. The molecule has 1 heterocycles. The number of carbonyl (C=O) groups is 1. The summed E-state index contributed by atoms with van der Waals surface area (Å²) in [7, 11) is -5.22. The molecule has 0 aliphatic heterocycles. The number of sulfone groups is 1. The van der Waals surface area contributed by atoms with Gasteiger partial charge in [0.25, 0.3) is 9.84 Å². The zero-order chi connectivity index (χ0) is 15.0. The maximum absolute atomic E-state index is 13.7. The Hall–Kier alpha value is -1.61. The highest BCUT2D eigenvalue weighted by molar-refractivity contribution is 7.95. The Morgan fingerprint density at radius 3 is 2.65 bits per heavy atom. The summed E-state index contributed by atoms with van der Waals surface area (Å²) in [5.74, 6) is -2.10. The Bertz CT molecular complexity index is 722. The van der Waals surface area contributed by atoms with Crippen LogP contribution in [0.15, 0.2) is 28.6 Å². The minimum absolute atomic E-state index is 0.274. The van der Waals surface area contributed by atoms with Crippen molar-refractivity contribution in [2.75, 3.05) is 6.61 Å². The molecule has 0 N–H and O–H groups in total. The van der Waals surface area contributed by atoms with Gasteiger partial charge in [0.05, 0.1) is 16.8 Å².